The standard InChI is InChI=1S/C15H18O6/c1-3-4-10(7-12(9-16)20-2)5-6-11-8-13(17)14(18)15(19)21-11/h4-8,16-18H,3,9H2,1-2H3/b6-5+,10-4-,12-7+. The lowest BCUT2D eigenvalue weighted by atomic mass is 10.1. The molecule has 0 fully saturated rings. The predicted octanol–water partition coefficient (Wildman–Crippen LogP) is 1.92. The van der Waals surface area contributed by atoms with E-state index in [0.717, 1.165) is 18.1 Å². The summed E-state index contributed by atoms with van der Waals surface area (Å²) in [5.41, 5.74) is -0.280. The molecule has 1 heterocycles. The predicted molar refractivity (Wildman–Crippen MR) is 77.9 cm³/mol. The van der Waals surface area contributed by atoms with Crippen LogP contribution in [-0.4, -0.2) is 29.0 Å². The van der Waals surface area contributed by atoms with E-state index in [1.165, 1.54) is 13.2 Å². The summed E-state index contributed by atoms with van der Waals surface area (Å²) in [6.45, 7) is 1.71. The normalized spacial score (nSPS) is 12.9. The van der Waals surface area contributed by atoms with Gasteiger partial charge < -0.3 is 24.5 Å². The van der Waals surface area contributed by atoms with Gasteiger partial charge in [-0.25, -0.2) is 4.79 Å². The first-order valence-electron chi connectivity index (χ1n) is 6.31. The molecular formula is C15H18O6. The van der Waals surface area contributed by atoms with E-state index in [0.29, 0.717) is 5.76 Å². The molecule has 0 atom stereocenters. The Hall–Kier alpha value is -2.47. The Balaban J connectivity index is 3.07. The van der Waals surface area contributed by atoms with E-state index in [2.05, 4.69) is 0 Å². The highest BCUT2D eigenvalue weighted by Crippen LogP contribution is 2.21. The zero-order chi connectivity index (χ0) is 15.8. The van der Waals surface area contributed by atoms with Gasteiger partial charge >= 0.3 is 5.63 Å². The van der Waals surface area contributed by atoms with Crippen molar-refractivity contribution < 1.29 is 24.5 Å². The summed E-state index contributed by atoms with van der Waals surface area (Å²) in [7, 11) is 1.45. The van der Waals surface area contributed by atoms with E-state index in [-0.39, 0.29) is 12.4 Å². The molecule has 6 heteroatoms. The van der Waals surface area contributed by atoms with Crippen molar-refractivity contribution >= 4 is 6.08 Å². The molecule has 114 valence electrons. The number of hydrogen-bond donors (Lipinski definition) is 3. The third-order valence-corrected chi connectivity index (χ3v) is 2.55. The number of ether oxygens (including phenoxy) is 1. The molecule has 0 unspecified atom stereocenters. The number of hydrogen-bond acceptors (Lipinski definition) is 6. The molecule has 0 aliphatic heterocycles. The average Bonchev–Trinajstić information content (AvgIpc) is 2.47. The maximum absolute atomic E-state index is 11.2. The van der Waals surface area contributed by atoms with Gasteiger partial charge in [-0.1, -0.05) is 19.1 Å². The molecule has 0 aliphatic carbocycles. The summed E-state index contributed by atoms with van der Waals surface area (Å²) in [5, 5.41) is 27.5. The van der Waals surface area contributed by atoms with Crippen molar-refractivity contribution in [3.63, 3.8) is 0 Å². The van der Waals surface area contributed by atoms with E-state index < -0.39 is 17.1 Å². The summed E-state index contributed by atoms with van der Waals surface area (Å²) >= 11 is 0. The zero-order valence-electron chi connectivity index (χ0n) is 11.9. The Kier molecular flexibility index (Phi) is 6.29. The number of rotatable bonds is 6. The van der Waals surface area contributed by atoms with Gasteiger partial charge in [-0.15, -0.1) is 0 Å². The second-order valence-electron chi connectivity index (χ2n) is 4.09. The minimum atomic E-state index is -1.01. The molecule has 0 radical (unpaired) electrons. The Morgan fingerprint density at radius 3 is 2.67 bits per heavy atom. The Bertz CT molecular complexity index is 616. The fourth-order valence-electron chi connectivity index (χ4n) is 1.52. The number of methoxy groups -OCH3 is 1. The number of aliphatic hydroxyl groups is 1. The fourth-order valence-corrected chi connectivity index (χ4v) is 1.52. The second-order valence-corrected chi connectivity index (χ2v) is 4.09. The molecule has 1 aromatic rings. The van der Waals surface area contributed by atoms with Gasteiger partial charge in [0.25, 0.3) is 0 Å². The highest BCUT2D eigenvalue weighted by atomic mass is 16.5. The molecule has 6 nitrogen and oxygen atoms in total. The number of aromatic hydroxyl groups is 2. The van der Waals surface area contributed by atoms with Crippen LogP contribution in [0.2, 0.25) is 0 Å². The molecule has 0 bridgehead atoms. The zero-order valence-corrected chi connectivity index (χ0v) is 11.9. The van der Waals surface area contributed by atoms with Crippen molar-refractivity contribution in [2.75, 3.05) is 13.7 Å². The molecule has 3 N–H and O–H groups in total. The first-order valence-corrected chi connectivity index (χ1v) is 6.31. The number of allylic oxidation sites excluding steroid dienone is 4. The monoisotopic (exact) mass is 294 g/mol. The van der Waals surface area contributed by atoms with Gasteiger partial charge in [0.15, 0.2) is 5.75 Å². The van der Waals surface area contributed by atoms with Crippen molar-refractivity contribution in [3.8, 4) is 11.5 Å². The second kappa shape index (κ2) is 7.96. The van der Waals surface area contributed by atoms with Gasteiger partial charge in [-0.3, -0.25) is 0 Å². The molecule has 0 saturated carbocycles. The third-order valence-electron chi connectivity index (χ3n) is 2.55. The molecular weight excluding hydrogens is 276 g/mol. The van der Waals surface area contributed by atoms with Crippen molar-refractivity contribution in [2.24, 2.45) is 0 Å². The quantitative estimate of drug-likeness (QED) is 0.547. The summed E-state index contributed by atoms with van der Waals surface area (Å²) in [6.07, 6.45) is 7.36. The highest BCUT2D eigenvalue weighted by Gasteiger charge is 2.07. The van der Waals surface area contributed by atoms with Crippen LogP contribution >= 0.6 is 0 Å². The van der Waals surface area contributed by atoms with Crippen molar-refractivity contribution in [2.45, 2.75) is 13.3 Å². The van der Waals surface area contributed by atoms with E-state index in [1.807, 2.05) is 13.0 Å². The average molecular weight is 294 g/mol. The van der Waals surface area contributed by atoms with Crippen molar-refractivity contribution in [3.05, 3.63) is 51.8 Å². The third kappa shape index (κ3) is 4.85. The lowest BCUT2D eigenvalue weighted by Crippen LogP contribution is -1.98. The first-order chi connectivity index (χ1) is 10.0. The highest BCUT2D eigenvalue weighted by molar-refractivity contribution is 5.53. The van der Waals surface area contributed by atoms with E-state index in [4.69, 9.17) is 19.4 Å². The van der Waals surface area contributed by atoms with Crippen molar-refractivity contribution in [1.29, 1.82) is 0 Å². The van der Waals surface area contributed by atoms with Gasteiger partial charge in [0.2, 0.25) is 5.75 Å². The molecule has 0 aromatic carbocycles. The topological polar surface area (TPSA) is 100 Å². The maximum Gasteiger partial charge on any atom is 0.382 e. The number of aliphatic hydroxyl groups excluding tert-OH is 1. The largest absolute Gasteiger partial charge is 0.504 e. The van der Waals surface area contributed by atoms with Gasteiger partial charge in [-0.05, 0) is 24.1 Å². The molecule has 0 spiro atoms. The lowest BCUT2D eigenvalue weighted by Gasteiger charge is -2.02. The molecule has 0 aliphatic rings. The van der Waals surface area contributed by atoms with Crippen LogP contribution in [0.25, 0.3) is 6.08 Å². The lowest BCUT2D eigenvalue weighted by molar-refractivity contribution is 0.207. The SMILES string of the molecule is CC/C=C(/C=C/c1cc(O)c(O)c(=O)o1)\C=C(/CO)OC. The van der Waals surface area contributed by atoms with E-state index >= 15 is 0 Å². The van der Waals surface area contributed by atoms with Crippen LogP contribution in [0.15, 0.2) is 44.8 Å². The van der Waals surface area contributed by atoms with Crippen LogP contribution in [-0.2, 0) is 4.74 Å². The van der Waals surface area contributed by atoms with E-state index in [1.54, 1.807) is 12.2 Å². The van der Waals surface area contributed by atoms with Gasteiger partial charge in [0.05, 0.1) is 7.11 Å². The summed E-state index contributed by atoms with van der Waals surface area (Å²) in [4.78, 5) is 11.2. The van der Waals surface area contributed by atoms with Crippen molar-refractivity contribution in [1.82, 2.24) is 0 Å². The fraction of sp³-hybridized carbons (Fsp3) is 0.267. The Labute approximate surface area is 121 Å². The van der Waals surface area contributed by atoms with Crippen LogP contribution in [0.3, 0.4) is 0 Å². The van der Waals surface area contributed by atoms with Gasteiger partial charge in [-0.2, -0.15) is 0 Å². The Morgan fingerprint density at radius 2 is 2.14 bits per heavy atom. The van der Waals surface area contributed by atoms with Gasteiger partial charge in [0, 0.05) is 6.07 Å². The van der Waals surface area contributed by atoms with Crippen LogP contribution in [0.5, 0.6) is 11.5 Å². The van der Waals surface area contributed by atoms with Crippen LogP contribution in [0, 0.1) is 0 Å². The molecule has 0 saturated heterocycles. The molecule has 0 amide bonds. The smallest absolute Gasteiger partial charge is 0.382 e. The Morgan fingerprint density at radius 1 is 1.43 bits per heavy atom. The summed E-state index contributed by atoms with van der Waals surface area (Å²) in [5.74, 6) is -0.892. The summed E-state index contributed by atoms with van der Waals surface area (Å²) in [6, 6.07) is 1.13. The van der Waals surface area contributed by atoms with Crippen LogP contribution < -0.4 is 5.63 Å². The van der Waals surface area contributed by atoms with Crippen LogP contribution in [0.4, 0.5) is 0 Å². The molecule has 1 aromatic heterocycles. The molecule has 21 heavy (non-hydrogen) atoms. The summed E-state index contributed by atoms with van der Waals surface area (Å²) < 4.78 is 9.77. The first kappa shape index (κ1) is 16.6. The van der Waals surface area contributed by atoms with Crippen LogP contribution in [0.1, 0.15) is 19.1 Å². The van der Waals surface area contributed by atoms with E-state index in [9.17, 15) is 9.90 Å². The minimum absolute atomic E-state index is 0.0914. The molecule has 1 rings (SSSR count). The maximum atomic E-state index is 11.2. The minimum Gasteiger partial charge on any atom is -0.504 e. The van der Waals surface area contributed by atoms with Gasteiger partial charge in [0.1, 0.15) is 18.1 Å².